The summed E-state index contributed by atoms with van der Waals surface area (Å²) in [6, 6.07) is 13.1. The van der Waals surface area contributed by atoms with Crippen molar-refractivity contribution in [2.75, 3.05) is 13.1 Å². The molecule has 0 amide bonds. The van der Waals surface area contributed by atoms with Crippen LogP contribution < -0.4 is 10.4 Å². The van der Waals surface area contributed by atoms with E-state index in [2.05, 4.69) is 69.0 Å². The number of benzene rings is 1. The summed E-state index contributed by atoms with van der Waals surface area (Å²) < 4.78 is 2.37. The van der Waals surface area contributed by atoms with Crippen molar-refractivity contribution in [2.45, 2.75) is 32.9 Å². The predicted octanol–water partition coefficient (Wildman–Crippen LogP) is 3.69. The highest BCUT2D eigenvalue weighted by Crippen LogP contribution is 2.32. The van der Waals surface area contributed by atoms with Crippen LogP contribution in [-0.2, 0) is 6.54 Å². The van der Waals surface area contributed by atoms with Gasteiger partial charge in [-0.2, -0.15) is 0 Å². The minimum absolute atomic E-state index is 0.111. The summed E-state index contributed by atoms with van der Waals surface area (Å²) in [5.74, 6) is 0.547. The van der Waals surface area contributed by atoms with Crippen LogP contribution in [0.5, 0.6) is 0 Å². The Morgan fingerprint density at radius 2 is 2.00 bits per heavy atom. The summed E-state index contributed by atoms with van der Waals surface area (Å²) in [6.45, 7) is 7.32. The summed E-state index contributed by atoms with van der Waals surface area (Å²) in [5, 5.41) is 1.84. The van der Waals surface area contributed by atoms with E-state index in [0.29, 0.717) is 12.0 Å². The van der Waals surface area contributed by atoms with E-state index >= 15 is 0 Å². The van der Waals surface area contributed by atoms with Crippen LogP contribution in [-0.4, -0.2) is 27.5 Å². The maximum atomic E-state index is 12.9. The number of hydrogen-bond donors (Lipinski definition) is 1. The van der Waals surface area contributed by atoms with Crippen LogP contribution in [0.3, 0.4) is 0 Å². The van der Waals surface area contributed by atoms with Gasteiger partial charge in [0.1, 0.15) is 6.20 Å². The quantitative estimate of drug-likeness (QED) is 0.583. The molecule has 3 aromatic heterocycles. The SMILES string of the molecule is Cc1cn([C@H]2CN(Cc3ccccc3)CC[C@H]2C)c2c(c[nH+]c3[nH]ccc32)c1=O. The van der Waals surface area contributed by atoms with Crippen LogP contribution in [0.25, 0.3) is 21.9 Å². The third kappa shape index (κ3) is 3.15. The van der Waals surface area contributed by atoms with E-state index in [1.807, 2.05) is 19.3 Å². The highest BCUT2D eigenvalue weighted by Gasteiger charge is 2.29. The number of hydrogen-bond acceptors (Lipinski definition) is 2. The second-order valence-electron chi connectivity index (χ2n) is 8.42. The van der Waals surface area contributed by atoms with Crippen molar-refractivity contribution >= 4 is 21.9 Å². The van der Waals surface area contributed by atoms with E-state index in [1.165, 1.54) is 5.56 Å². The molecule has 29 heavy (non-hydrogen) atoms. The molecule has 0 radical (unpaired) electrons. The number of aryl methyl sites for hydroxylation is 1. The zero-order valence-corrected chi connectivity index (χ0v) is 17.0. The van der Waals surface area contributed by atoms with Crippen LogP contribution in [0.15, 0.2) is 59.8 Å². The molecule has 0 spiro atoms. The fraction of sp³-hybridized carbons (Fsp3) is 0.333. The zero-order valence-electron chi connectivity index (χ0n) is 17.0. The number of nitrogens with one attached hydrogen (secondary N) is 2. The molecule has 4 aromatic rings. The van der Waals surface area contributed by atoms with Gasteiger partial charge in [0, 0.05) is 30.9 Å². The normalized spacial score (nSPS) is 20.5. The lowest BCUT2D eigenvalue weighted by Gasteiger charge is -2.39. The Hall–Kier alpha value is -2.92. The van der Waals surface area contributed by atoms with Gasteiger partial charge in [0.05, 0.1) is 22.5 Å². The van der Waals surface area contributed by atoms with Gasteiger partial charge in [0.25, 0.3) is 5.65 Å². The highest BCUT2D eigenvalue weighted by molar-refractivity contribution is 6.00. The summed E-state index contributed by atoms with van der Waals surface area (Å²) >= 11 is 0. The lowest BCUT2D eigenvalue weighted by Crippen LogP contribution is -2.40. The molecule has 5 heteroatoms. The molecular formula is C24H27N4O+. The zero-order chi connectivity index (χ0) is 20.0. The van der Waals surface area contributed by atoms with Crippen LogP contribution in [0.4, 0.5) is 0 Å². The Bertz CT molecular complexity index is 1220. The molecule has 2 atom stereocenters. The van der Waals surface area contributed by atoms with Gasteiger partial charge in [-0.15, -0.1) is 0 Å². The molecule has 1 fully saturated rings. The highest BCUT2D eigenvalue weighted by atomic mass is 16.1. The van der Waals surface area contributed by atoms with Crippen molar-refractivity contribution in [3.8, 4) is 0 Å². The fourth-order valence-corrected chi connectivity index (χ4v) is 4.76. The molecule has 1 aliphatic heterocycles. The Morgan fingerprint density at radius 1 is 1.17 bits per heavy atom. The number of fused-ring (bicyclic) bond motifs is 3. The number of piperidine rings is 1. The largest absolute Gasteiger partial charge is 0.342 e. The van der Waals surface area contributed by atoms with E-state index in [0.717, 1.165) is 53.6 Å². The van der Waals surface area contributed by atoms with Gasteiger partial charge in [0.15, 0.2) is 5.43 Å². The number of rotatable bonds is 3. The number of nitrogens with zero attached hydrogens (tertiary/aromatic N) is 2. The molecule has 0 aliphatic carbocycles. The topological polar surface area (TPSA) is 55.2 Å². The van der Waals surface area contributed by atoms with Crippen molar-refractivity contribution in [3.63, 3.8) is 0 Å². The summed E-state index contributed by atoms with van der Waals surface area (Å²) in [6.07, 6.45) is 7.01. The van der Waals surface area contributed by atoms with Crippen LogP contribution in [0, 0.1) is 12.8 Å². The van der Waals surface area contributed by atoms with Gasteiger partial charge in [-0.25, -0.2) is 9.97 Å². The average molecular weight is 388 g/mol. The molecule has 5 nitrogen and oxygen atoms in total. The molecule has 1 saturated heterocycles. The average Bonchev–Trinajstić information content (AvgIpc) is 3.22. The summed E-state index contributed by atoms with van der Waals surface area (Å²) in [5.41, 5.74) is 4.26. The Labute approximate surface area is 170 Å². The van der Waals surface area contributed by atoms with Crippen molar-refractivity contribution in [3.05, 3.63) is 76.3 Å². The first-order valence-corrected chi connectivity index (χ1v) is 10.4. The molecule has 4 heterocycles. The first kappa shape index (κ1) is 18.1. The molecule has 1 aliphatic rings. The van der Waals surface area contributed by atoms with Crippen LogP contribution in [0.2, 0.25) is 0 Å². The number of aromatic amines is 2. The Morgan fingerprint density at radius 3 is 2.83 bits per heavy atom. The van der Waals surface area contributed by atoms with Gasteiger partial charge in [-0.05, 0) is 37.4 Å². The molecule has 0 saturated carbocycles. The van der Waals surface area contributed by atoms with Crippen LogP contribution >= 0.6 is 0 Å². The summed E-state index contributed by atoms with van der Waals surface area (Å²) in [4.78, 5) is 21.9. The van der Waals surface area contributed by atoms with Gasteiger partial charge >= 0.3 is 0 Å². The first-order valence-electron chi connectivity index (χ1n) is 10.4. The monoisotopic (exact) mass is 387 g/mol. The van der Waals surface area contributed by atoms with Crippen molar-refractivity contribution < 1.29 is 4.98 Å². The Kier molecular flexibility index (Phi) is 4.47. The third-order valence-electron chi connectivity index (χ3n) is 6.42. The Balaban J connectivity index is 1.61. The van der Waals surface area contributed by atoms with Gasteiger partial charge in [-0.1, -0.05) is 37.3 Å². The molecule has 5 rings (SSSR count). The minimum Gasteiger partial charge on any atom is -0.342 e. The molecule has 1 aromatic carbocycles. The van der Waals surface area contributed by atoms with E-state index in [1.54, 1.807) is 0 Å². The molecule has 0 unspecified atom stereocenters. The second-order valence-corrected chi connectivity index (χ2v) is 8.42. The van der Waals surface area contributed by atoms with E-state index in [-0.39, 0.29) is 5.43 Å². The second kappa shape index (κ2) is 7.16. The minimum atomic E-state index is 0.111. The molecular weight excluding hydrogens is 360 g/mol. The standard InChI is InChI=1S/C24H26N4O/c1-16-9-11-27(14-18-6-4-3-5-7-18)15-21(16)28-13-17(2)23(29)20-12-26-24-19(22(20)28)8-10-25-24/h3-8,10,12-13,16,21H,9,11,14-15H2,1-2H3,(H,25,26)/p+1/t16-,21+/m1/s1. The predicted molar refractivity (Wildman–Crippen MR) is 116 cm³/mol. The van der Waals surface area contributed by atoms with E-state index < -0.39 is 0 Å². The van der Waals surface area contributed by atoms with Crippen molar-refractivity contribution in [1.29, 1.82) is 0 Å². The smallest absolute Gasteiger partial charge is 0.286 e. The van der Waals surface area contributed by atoms with Crippen molar-refractivity contribution in [1.82, 2.24) is 14.5 Å². The van der Waals surface area contributed by atoms with Crippen molar-refractivity contribution in [2.24, 2.45) is 5.92 Å². The first-order chi connectivity index (χ1) is 14.1. The maximum Gasteiger partial charge on any atom is 0.286 e. The third-order valence-corrected chi connectivity index (χ3v) is 6.42. The lowest BCUT2D eigenvalue weighted by molar-refractivity contribution is -0.345. The maximum absolute atomic E-state index is 12.9. The molecule has 148 valence electrons. The van der Waals surface area contributed by atoms with Gasteiger partial charge < -0.3 is 4.57 Å². The number of aromatic nitrogens is 3. The van der Waals surface area contributed by atoms with E-state index in [9.17, 15) is 4.79 Å². The fourth-order valence-electron chi connectivity index (χ4n) is 4.76. The number of pyridine rings is 2. The van der Waals surface area contributed by atoms with E-state index in [4.69, 9.17) is 0 Å². The van der Waals surface area contributed by atoms with Crippen LogP contribution in [0.1, 0.15) is 30.5 Å². The summed E-state index contributed by atoms with van der Waals surface area (Å²) in [7, 11) is 0. The van der Waals surface area contributed by atoms with Gasteiger partial charge in [0.2, 0.25) is 0 Å². The molecule has 0 bridgehead atoms. The lowest BCUT2D eigenvalue weighted by atomic mass is 9.92. The number of likely N-dealkylation sites (tertiary alicyclic amines) is 1. The number of H-pyrrole nitrogens is 2. The van der Waals surface area contributed by atoms with Gasteiger partial charge in [-0.3, -0.25) is 9.69 Å². The molecule has 2 N–H and O–H groups in total.